The van der Waals surface area contributed by atoms with E-state index in [-0.39, 0.29) is 35.9 Å². The Kier molecular flexibility index (Phi) is 10.2. The average molecular weight is 559 g/mol. The van der Waals surface area contributed by atoms with Crippen molar-refractivity contribution in [3.63, 3.8) is 0 Å². The number of rotatable bonds is 10. The monoisotopic (exact) mass is 557 g/mol. The number of hydrogen-bond donors (Lipinski definition) is 0. The van der Waals surface area contributed by atoms with Crippen LogP contribution in [0, 0.1) is 5.41 Å². The molecule has 1 aliphatic carbocycles. The van der Waals surface area contributed by atoms with Crippen LogP contribution >= 0.6 is 15.9 Å². The largest absolute Gasteiger partial charge is 0.345 e. The van der Waals surface area contributed by atoms with Crippen LogP contribution in [-0.2, 0) is 22.7 Å². The van der Waals surface area contributed by atoms with Gasteiger partial charge in [0.2, 0.25) is 11.8 Å². The first kappa shape index (κ1) is 28.5. The minimum atomic E-state index is -0.108. The number of carbonyl (C=O) groups is 2. The first-order valence-corrected chi connectivity index (χ1v) is 14.3. The summed E-state index contributed by atoms with van der Waals surface area (Å²) in [7, 11) is 0. The van der Waals surface area contributed by atoms with E-state index in [1.165, 1.54) is 12.0 Å². The summed E-state index contributed by atoms with van der Waals surface area (Å²) < 4.78 is 3.31. The molecule has 0 spiro atoms. The van der Waals surface area contributed by atoms with Gasteiger partial charge in [0.1, 0.15) is 6.54 Å². The van der Waals surface area contributed by atoms with Gasteiger partial charge < -0.3 is 14.4 Å². The molecule has 0 saturated heterocycles. The number of halogens is 1. The van der Waals surface area contributed by atoms with Gasteiger partial charge in [-0.05, 0) is 61.4 Å². The highest BCUT2D eigenvalue weighted by molar-refractivity contribution is 9.10. The average Bonchev–Trinajstić information content (AvgIpc) is 3.27. The fourth-order valence-electron chi connectivity index (χ4n) is 5.02. The van der Waals surface area contributed by atoms with E-state index >= 15 is 0 Å². The highest BCUT2D eigenvalue weighted by Gasteiger charge is 2.31. The summed E-state index contributed by atoms with van der Waals surface area (Å²) in [6, 6.07) is 12.8. The first-order chi connectivity index (χ1) is 17.1. The molecule has 1 aromatic heterocycles. The lowest BCUT2D eigenvalue weighted by Crippen LogP contribution is -2.50. The summed E-state index contributed by atoms with van der Waals surface area (Å²) in [4.78, 5) is 31.0. The lowest BCUT2D eigenvalue weighted by molar-refractivity contribution is -0.145. The molecule has 3 rings (SSSR count). The normalized spacial score (nSPS) is 15.5. The zero-order valence-electron chi connectivity index (χ0n) is 22.8. The number of nitrogens with zero attached hydrogens (tertiary/aromatic N) is 3. The molecule has 1 aliphatic rings. The van der Waals surface area contributed by atoms with E-state index < -0.39 is 0 Å². The van der Waals surface area contributed by atoms with Crippen molar-refractivity contribution in [2.45, 2.75) is 105 Å². The van der Waals surface area contributed by atoms with Gasteiger partial charge >= 0.3 is 0 Å². The zero-order valence-corrected chi connectivity index (χ0v) is 24.4. The molecule has 1 saturated carbocycles. The Bertz CT molecular complexity index is 986. The smallest absolute Gasteiger partial charge is 0.242 e. The van der Waals surface area contributed by atoms with Crippen LogP contribution < -0.4 is 0 Å². The van der Waals surface area contributed by atoms with Crippen LogP contribution in [-0.4, -0.2) is 44.8 Å². The molecular formula is C30H44BrN3O2. The van der Waals surface area contributed by atoms with E-state index in [0.717, 1.165) is 48.8 Å². The number of aromatic nitrogens is 1. The Morgan fingerprint density at radius 1 is 1.06 bits per heavy atom. The van der Waals surface area contributed by atoms with Crippen LogP contribution in [0.4, 0.5) is 0 Å². The van der Waals surface area contributed by atoms with E-state index in [2.05, 4.69) is 103 Å². The minimum Gasteiger partial charge on any atom is -0.345 e. The maximum Gasteiger partial charge on any atom is 0.242 e. The van der Waals surface area contributed by atoms with Crippen molar-refractivity contribution in [2.24, 2.45) is 5.41 Å². The van der Waals surface area contributed by atoms with E-state index in [9.17, 15) is 9.59 Å². The van der Waals surface area contributed by atoms with Crippen molar-refractivity contribution in [3.8, 4) is 0 Å². The molecule has 1 heterocycles. The van der Waals surface area contributed by atoms with Crippen LogP contribution in [0.2, 0.25) is 0 Å². The number of carbonyl (C=O) groups excluding carboxylic acids is 2. The molecule has 1 aromatic carbocycles. The van der Waals surface area contributed by atoms with Gasteiger partial charge in [0, 0.05) is 41.4 Å². The topological polar surface area (TPSA) is 45.6 Å². The van der Waals surface area contributed by atoms with Crippen LogP contribution in [0.3, 0.4) is 0 Å². The standard InChI is InChI=1S/C30H44BrN3O2/c1-6-23(2)33(28(35)19-30(3,4)5)22-29(36)34(26-11-8-7-9-12-26)21-27-13-10-18-32(27)20-24-14-16-25(31)17-15-24/h10,13-18,23,26H,6-9,11-12,19-22H2,1-5H3. The number of hydrogen-bond acceptors (Lipinski definition) is 2. The summed E-state index contributed by atoms with van der Waals surface area (Å²) >= 11 is 3.51. The van der Waals surface area contributed by atoms with Gasteiger partial charge in [0.25, 0.3) is 0 Å². The van der Waals surface area contributed by atoms with Gasteiger partial charge in [-0.25, -0.2) is 0 Å². The highest BCUT2D eigenvalue weighted by atomic mass is 79.9. The van der Waals surface area contributed by atoms with Crippen molar-refractivity contribution in [3.05, 3.63) is 58.3 Å². The quantitative estimate of drug-likeness (QED) is 0.315. The Labute approximate surface area is 226 Å². The summed E-state index contributed by atoms with van der Waals surface area (Å²) in [5, 5.41) is 0. The summed E-state index contributed by atoms with van der Waals surface area (Å²) in [6.45, 7) is 11.9. The van der Waals surface area contributed by atoms with Gasteiger partial charge in [-0.2, -0.15) is 0 Å². The van der Waals surface area contributed by atoms with Gasteiger partial charge in [-0.3, -0.25) is 9.59 Å². The van der Waals surface area contributed by atoms with Crippen molar-refractivity contribution in [1.29, 1.82) is 0 Å². The van der Waals surface area contributed by atoms with Crippen molar-refractivity contribution in [1.82, 2.24) is 14.4 Å². The Morgan fingerprint density at radius 3 is 2.33 bits per heavy atom. The minimum absolute atomic E-state index is 0.0401. The van der Waals surface area contributed by atoms with Crippen molar-refractivity contribution in [2.75, 3.05) is 6.54 Å². The molecule has 2 aromatic rings. The number of amides is 2. The third-order valence-electron chi connectivity index (χ3n) is 7.29. The fraction of sp³-hybridized carbons (Fsp3) is 0.600. The van der Waals surface area contributed by atoms with Gasteiger partial charge in [0.15, 0.2) is 0 Å². The lowest BCUT2D eigenvalue weighted by Gasteiger charge is -2.37. The molecule has 1 unspecified atom stereocenters. The Hall–Kier alpha value is -2.08. The van der Waals surface area contributed by atoms with E-state index in [4.69, 9.17) is 0 Å². The summed E-state index contributed by atoms with van der Waals surface area (Å²) in [5.74, 6) is 0.147. The van der Waals surface area contributed by atoms with Crippen molar-refractivity contribution < 1.29 is 9.59 Å². The molecule has 1 fully saturated rings. The predicted octanol–water partition coefficient (Wildman–Crippen LogP) is 7.02. The third-order valence-corrected chi connectivity index (χ3v) is 7.82. The van der Waals surface area contributed by atoms with Crippen LogP contribution in [0.25, 0.3) is 0 Å². The maximum atomic E-state index is 13.9. The molecular weight excluding hydrogens is 514 g/mol. The molecule has 2 amide bonds. The second-order valence-electron chi connectivity index (χ2n) is 11.6. The fourth-order valence-corrected chi connectivity index (χ4v) is 5.29. The van der Waals surface area contributed by atoms with Crippen LogP contribution in [0.5, 0.6) is 0 Å². The van der Waals surface area contributed by atoms with E-state index in [0.29, 0.717) is 13.0 Å². The van der Waals surface area contributed by atoms with Crippen molar-refractivity contribution >= 4 is 27.7 Å². The molecule has 0 N–H and O–H groups in total. The van der Waals surface area contributed by atoms with Gasteiger partial charge in [-0.15, -0.1) is 0 Å². The summed E-state index contributed by atoms with van der Waals surface area (Å²) in [5.41, 5.74) is 2.25. The molecule has 198 valence electrons. The zero-order chi connectivity index (χ0) is 26.3. The highest BCUT2D eigenvalue weighted by Crippen LogP contribution is 2.26. The molecule has 0 radical (unpaired) electrons. The second kappa shape index (κ2) is 12.9. The Morgan fingerprint density at radius 2 is 1.72 bits per heavy atom. The first-order valence-electron chi connectivity index (χ1n) is 13.5. The van der Waals surface area contributed by atoms with E-state index in [1.807, 2.05) is 4.90 Å². The third kappa shape index (κ3) is 8.22. The molecule has 0 aliphatic heterocycles. The van der Waals surface area contributed by atoms with Crippen LogP contribution in [0.1, 0.15) is 90.8 Å². The van der Waals surface area contributed by atoms with Gasteiger partial charge in [0.05, 0.1) is 6.54 Å². The lowest BCUT2D eigenvalue weighted by atomic mass is 9.91. The van der Waals surface area contributed by atoms with Crippen LogP contribution in [0.15, 0.2) is 47.1 Å². The molecule has 6 heteroatoms. The second-order valence-corrected chi connectivity index (χ2v) is 12.5. The summed E-state index contributed by atoms with van der Waals surface area (Å²) in [6.07, 6.45) is 9.02. The predicted molar refractivity (Wildman–Crippen MR) is 151 cm³/mol. The maximum absolute atomic E-state index is 13.9. The molecule has 36 heavy (non-hydrogen) atoms. The molecule has 0 bridgehead atoms. The van der Waals surface area contributed by atoms with E-state index in [1.54, 1.807) is 0 Å². The molecule has 1 atom stereocenters. The number of benzene rings is 1. The SMILES string of the molecule is CCC(C)N(CC(=O)N(Cc1cccn1Cc1ccc(Br)cc1)C1CCCCC1)C(=O)CC(C)(C)C. The Balaban J connectivity index is 1.81. The van der Waals surface area contributed by atoms with Gasteiger partial charge in [-0.1, -0.05) is 75.0 Å². The molecule has 5 nitrogen and oxygen atoms in total.